The summed E-state index contributed by atoms with van der Waals surface area (Å²) in [5.74, 6) is 0. The summed E-state index contributed by atoms with van der Waals surface area (Å²) in [7, 11) is -16.3. The Bertz CT molecular complexity index is 424. The van der Waals surface area contributed by atoms with Crippen LogP contribution in [0.2, 0.25) is 0 Å². The van der Waals surface area contributed by atoms with Crippen molar-refractivity contribution in [2.45, 2.75) is 6.42 Å². The Balaban J connectivity index is -0.000000142. The summed E-state index contributed by atoms with van der Waals surface area (Å²) < 4.78 is 123. The molecule has 27 heavy (non-hydrogen) atoms. The van der Waals surface area contributed by atoms with Gasteiger partial charge in [-0.3, -0.25) is 0 Å². The van der Waals surface area contributed by atoms with Crippen LogP contribution in [0.25, 0.3) is 0 Å². The van der Waals surface area contributed by atoms with Crippen molar-refractivity contribution in [2.75, 3.05) is 13.7 Å². The number of methoxy groups -OCH3 is 1. The van der Waals surface area contributed by atoms with E-state index in [4.69, 9.17) is 4.74 Å². The van der Waals surface area contributed by atoms with Gasteiger partial charge >= 0.3 is 51.3 Å². The van der Waals surface area contributed by atoms with E-state index in [1.165, 1.54) is 5.56 Å². The second-order valence-electron chi connectivity index (χ2n) is 3.82. The fraction of sp³-hybridized carbons (Fsp3) is 0.333. The second-order valence-corrected chi connectivity index (χ2v) is 4.67. The molecule has 0 atom stereocenters. The van der Waals surface area contributed by atoms with Crippen molar-refractivity contribution in [2.24, 2.45) is 0 Å². The van der Waals surface area contributed by atoms with Crippen molar-refractivity contribution in [1.82, 2.24) is 0 Å². The molecule has 0 fully saturated rings. The fourth-order valence-electron chi connectivity index (χ4n) is 0.913. The number of rotatable bonds is 3. The Hall–Kier alpha value is 0.0148. The molecule has 0 bridgehead atoms. The number of hydrogen-bond donors (Lipinski definition) is 0. The molecule has 1 aromatic rings. The molecule has 0 spiro atoms. The molecule has 0 heterocycles. The van der Waals surface area contributed by atoms with Gasteiger partial charge in [0.1, 0.15) is 0 Å². The number of hydrogen-bond acceptors (Lipinski definition) is 1. The molecule has 158 valence electrons. The first-order valence-electron chi connectivity index (χ1n) is 6.19. The molecule has 0 aromatic heterocycles. The van der Waals surface area contributed by atoms with E-state index in [1.54, 1.807) is 7.11 Å². The van der Waals surface area contributed by atoms with Crippen LogP contribution in [0.3, 0.4) is 0 Å². The average Bonchev–Trinajstić information content (AvgIpc) is 2.32. The van der Waals surface area contributed by atoms with E-state index in [1.807, 2.05) is 18.2 Å². The van der Waals surface area contributed by atoms with Gasteiger partial charge in [-0.25, -0.2) is 0 Å². The molecule has 0 radical (unpaired) electrons. The van der Waals surface area contributed by atoms with Crippen LogP contribution >= 0.6 is 15.9 Å². The van der Waals surface area contributed by atoms with Crippen LogP contribution in [-0.2, 0) is 11.2 Å². The molecule has 0 saturated carbocycles. The summed E-state index contributed by atoms with van der Waals surface area (Å²) in [6.45, 7) is 0.780. The van der Waals surface area contributed by atoms with Crippen molar-refractivity contribution in [3.05, 3.63) is 34.3 Å². The van der Waals surface area contributed by atoms with Gasteiger partial charge in [-0.05, 0) is 18.1 Å². The molecule has 0 aliphatic rings. The van der Waals surface area contributed by atoms with E-state index >= 15 is 0 Å². The second kappa shape index (κ2) is 16.9. The topological polar surface area (TPSA) is 9.23 Å². The normalized spacial score (nSPS) is 10.7. The van der Waals surface area contributed by atoms with Crippen molar-refractivity contribution in [3.8, 4) is 0 Å². The molecule has 0 aliphatic heterocycles. The number of benzene rings is 1. The van der Waals surface area contributed by atoms with Crippen molar-refractivity contribution in [3.63, 3.8) is 0 Å². The van der Waals surface area contributed by atoms with Gasteiger partial charge in [-0.15, -0.1) is 0 Å². The van der Waals surface area contributed by atoms with Gasteiger partial charge in [0.25, 0.3) is 0 Å². The first-order chi connectivity index (χ1) is 11.3. The molecule has 18 heteroatoms. The molecule has 1 rings (SSSR count). The van der Waals surface area contributed by atoms with E-state index in [-0.39, 0.29) is 29.6 Å². The summed E-state index contributed by atoms with van der Waals surface area (Å²) in [6, 6.07) is 8.20. The van der Waals surface area contributed by atoms with E-state index in [9.17, 15) is 51.8 Å². The third kappa shape index (κ3) is 66.5. The zero-order valence-corrected chi connectivity index (χ0v) is 14.4. The van der Waals surface area contributed by atoms with Gasteiger partial charge in [-0.1, -0.05) is 34.1 Å². The van der Waals surface area contributed by atoms with Crippen LogP contribution in [0.5, 0.6) is 0 Å². The van der Waals surface area contributed by atoms with E-state index in [2.05, 4.69) is 22.0 Å². The van der Waals surface area contributed by atoms with Crippen LogP contribution in [0.4, 0.5) is 51.8 Å². The first kappa shape index (κ1) is 34.5. The molecule has 0 unspecified atom stereocenters. The molecule has 0 saturated heterocycles. The third-order valence-corrected chi connectivity index (χ3v) is 2.31. The Morgan fingerprint density at radius 2 is 1.04 bits per heavy atom. The van der Waals surface area contributed by atoms with Gasteiger partial charge in [0.05, 0.1) is 6.61 Å². The van der Waals surface area contributed by atoms with Crippen LogP contribution < -0.4 is 0 Å². The van der Waals surface area contributed by atoms with Crippen LogP contribution in [-0.4, -0.2) is 65.0 Å². The third-order valence-electron chi connectivity index (χ3n) is 1.53. The van der Waals surface area contributed by atoms with Crippen molar-refractivity contribution >= 4 is 67.3 Å². The van der Waals surface area contributed by atoms with Gasteiger partial charge in [0.15, 0.2) is 0 Å². The van der Waals surface area contributed by atoms with Gasteiger partial charge in [0.2, 0.25) is 0 Å². The van der Waals surface area contributed by atoms with Crippen molar-refractivity contribution in [1.29, 1.82) is 0 Å². The summed E-state index contributed by atoms with van der Waals surface area (Å²) in [6.07, 6.45) is 0.970. The molecule has 0 amide bonds. The SMILES string of the molecule is COCCc1ccccc1Br.F[B-](F)(F)F.F[B-](F)(F)F.F[B-](F)(F)F.[NaH]. The van der Waals surface area contributed by atoms with E-state index in [0.717, 1.165) is 17.5 Å². The summed E-state index contributed by atoms with van der Waals surface area (Å²) >= 11 is 3.47. The Labute approximate surface area is 177 Å². The summed E-state index contributed by atoms with van der Waals surface area (Å²) in [5, 5.41) is 0. The summed E-state index contributed by atoms with van der Waals surface area (Å²) in [4.78, 5) is 0. The fourth-order valence-corrected chi connectivity index (χ4v) is 1.40. The predicted molar refractivity (Wildman–Crippen MR) is 87.4 cm³/mol. The Morgan fingerprint density at radius 1 is 0.741 bits per heavy atom. The quantitative estimate of drug-likeness (QED) is 0.372. The zero-order chi connectivity index (χ0) is 21.6. The standard InChI is InChI=1S/C9H11BrO.3BF4.Na.H/c1-11-7-6-8-4-2-3-5-9(8)10;3*2-1(3,4)5;;/h2-5H,6-7H2,1H3;;;;;/q;3*-1;;. The maximum absolute atomic E-state index is 9.75. The Morgan fingerprint density at radius 3 is 1.30 bits per heavy atom. The van der Waals surface area contributed by atoms with Crippen LogP contribution in [0, 0.1) is 0 Å². The summed E-state index contributed by atoms with van der Waals surface area (Å²) in [5.41, 5.74) is 1.30. The monoisotopic (exact) mass is 499 g/mol. The zero-order valence-electron chi connectivity index (χ0n) is 12.8. The number of halogens is 13. The Kier molecular flexibility index (Phi) is 21.6. The minimum atomic E-state index is -6.00. The van der Waals surface area contributed by atoms with E-state index < -0.39 is 21.8 Å². The maximum atomic E-state index is 9.75. The molecule has 1 aromatic carbocycles. The van der Waals surface area contributed by atoms with Crippen LogP contribution in [0.1, 0.15) is 5.56 Å². The average molecular weight is 499 g/mol. The first-order valence-corrected chi connectivity index (χ1v) is 6.98. The van der Waals surface area contributed by atoms with Gasteiger partial charge in [-0.2, -0.15) is 0 Å². The molecular formula is C9H12B3BrF12NaO-3. The van der Waals surface area contributed by atoms with Crippen molar-refractivity contribution < 1.29 is 56.5 Å². The molecular weight excluding hydrogens is 487 g/mol. The molecule has 0 aliphatic carbocycles. The predicted octanol–water partition coefficient (Wildman–Crippen LogP) is 5.89. The van der Waals surface area contributed by atoms with Gasteiger partial charge < -0.3 is 56.5 Å². The molecule has 0 N–H and O–H groups in total. The van der Waals surface area contributed by atoms with Gasteiger partial charge in [0, 0.05) is 11.6 Å². The molecule has 1 nitrogen and oxygen atoms in total. The van der Waals surface area contributed by atoms with E-state index in [0.29, 0.717) is 0 Å². The minimum absolute atomic E-state index is 0. The number of ether oxygens (including phenoxy) is 1. The van der Waals surface area contributed by atoms with Crippen LogP contribution in [0.15, 0.2) is 28.7 Å².